The van der Waals surface area contributed by atoms with E-state index >= 15 is 0 Å². The van der Waals surface area contributed by atoms with Gasteiger partial charge >= 0.3 is 0 Å². The highest BCUT2D eigenvalue weighted by molar-refractivity contribution is 6.31. The molecule has 96 valence electrons. The van der Waals surface area contributed by atoms with Gasteiger partial charge in [-0.3, -0.25) is 0 Å². The van der Waals surface area contributed by atoms with Crippen molar-refractivity contribution >= 4 is 11.6 Å². The van der Waals surface area contributed by atoms with E-state index in [1.54, 1.807) is 0 Å². The fourth-order valence-corrected chi connectivity index (χ4v) is 2.26. The average Bonchev–Trinajstić information content (AvgIpc) is 2.33. The zero-order valence-electron chi connectivity index (χ0n) is 11.2. The lowest BCUT2D eigenvalue weighted by Crippen LogP contribution is -2.16. The molecular formula is C15H24ClN. The molecule has 1 atom stereocenters. The molecule has 0 spiro atoms. The molecule has 0 aliphatic heterocycles. The summed E-state index contributed by atoms with van der Waals surface area (Å²) in [6.07, 6.45) is 6.47. The molecule has 0 radical (unpaired) electrons. The molecular weight excluding hydrogens is 230 g/mol. The quantitative estimate of drug-likeness (QED) is 0.683. The Morgan fingerprint density at radius 2 is 2.00 bits per heavy atom. The van der Waals surface area contributed by atoms with Gasteiger partial charge in [0.1, 0.15) is 0 Å². The Bertz CT molecular complexity index is 336. The molecule has 0 saturated carbocycles. The minimum atomic E-state index is 0.461. The molecule has 1 aromatic rings. The third kappa shape index (κ3) is 4.69. The Balaban J connectivity index is 2.56. The van der Waals surface area contributed by atoms with Crippen LogP contribution in [0.25, 0.3) is 0 Å². The maximum Gasteiger partial charge on any atom is 0.0435 e. The van der Waals surface area contributed by atoms with Crippen molar-refractivity contribution in [1.29, 1.82) is 0 Å². The second-order valence-corrected chi connectivity index (χ2v) is 5.11. The Morgan fingerprint density at radius 1 is 1.24 bits per heavy atom. The fraction of sp³-hybridized carbons (Fsp3) is 0.600. The molecule has 0 bridgehead atoms. The number of hydrogen-bond donors (Lipinski definition) is 1. The molecule has 1 aromatic carbocycles. The summed E-state index contributed by atoms with van der Waals surface area (Å²) in [4.78, 5) is 0. The molecule has 0 aliphatic rings. The van der Waals surface area contributed by atoms with Crippen LogP contribution in [0.3, 0.4) is 0 Å². The summed E-state index contributed by atoms with van der Waals surface area (Å²) in [5.41, 5.74) is 2.52. The van der Waals surface area contributed by atoms with Crippen LogP contribution in [0, 0.1) is 6.92 Å². The maximum atomic E-state index is 6.05. The third-order valence-corrected chi connectivity index (χ3v) is 3.70. The van der Waals surface area contributed by atoms with Crippen molar-refractivity contribution in [3.63, 3.8) is 0 Å². The van der Waals surface area contributed by atoms with Crippen molar-refractivity contribution in [1.82, 2.24) is 5.32 Å². The first-order valence-corrected chi connectivity index (χ1v) is 7.00. The van der Waals surface area contributed by atoms with Crippen LogP contribution in [0.15, 0.2) is 18.2 Å². The number of aryl methyl sites for hydroxylation is 1. The van der Waals surface area contributed by atoms with E-state index in [1.165, 1.54) is 37.7 Å². The van der Waals surface area contributed by atoms with Crippen LogP contribution < -0.4 is 5.32 Å². The lowest BCUT2D eigenvalue weighted by molar-refractivity contribution is 0.505. The highest BCUT2D eigenvalue weighted by Crippen LogP contribution is 2.24. The minimum Gasteiger partial charge on any atom is -0.313 e. The average molecular weight is 254 g/mol. The first-order valence-electron chi connectivity index (χ1n) is 6.62. The summed E-state index contributed by atoms with van der Waals surface area (Å²) in [6, 6.07) is 6.80. The van der Waals surface area contributed by atoms with E-state index in [2.05, 4.69) is 31.3 Å². The topological polar surface area (TPSA) is 12.0 Å². The lowest BCUT2D eigenvalue weighted by atomic mass is 9.99. The second kappa shape index (κ2) is 7.73. The van der Waals surface area contributed by atoms with E-state index in [0.29, 0.717) is 6.04 Å². The summed E-state index contributed by atoms with van der Waals surface area (Å²) in [5, 5.41) is 4.25. The first kappa shape index (κ1) is 14.5. The Labute approximate surface area is 111 Å². The molecule has 0 aromatic heterocycles. The van der Waals surface area contributed by atoms with Gasteiger partial charge < -0.3 is 5.32 Å². The molecule has 0 amide bonds. The third-order valence-electron chi connectivity index (χ3n) is 3.28. The molecule has 0 saturated heterocycles. The van der Waals surface area contributed by atoms with Crippen LogP contribution in [0.4, 0.5) is 0 Å². The fourth-order valence-electron chi connectivity index (χ4n) is 2.14. The van der Waals surface area contributed by atoms with Gasteiger partial charge in [-0.25, -0.2) is 0 Å². The second-order valence-electron chi connectivity index (χ2n) is 4.70. The molecule has 1 nitrogen and oxygen atoms in total. The van der Waals surface area contributed by atoms with Gasteiger partial charge in [-0.15, -0.1) is 0 Å². The van der Waals surface area contributed by atoms with Crippen molar-refractivity contribution < 1.29 is 0 Å². The Kier molecular flexibility index (Phi) is 6.61. The smallest absolute Gasteiger partial charge is 0.0435 e. The number of rotatable bonds is 7. The lowest BCUT2D eigenvalue weighted by Gasteiger charge is -2.17. The van der Waals surface area contributed by atoms with Crippen LogP contribution >= 0.6 is 11.6 Å². The van der Waals surface area contributed by atoms with Crippen molar-refractivity contribution in [2.45, 2.75) is 52.0 Å². The van der Waals surface area contributed by atoms with Crippen molar-refractivity contribution in [3.05, 3.63) is 34.3 Å². The summed E-state index contributed by atoms with van der Waals surface area (Å²) in [7, 11) is 2.04. The van der Waals surface area contributed by atoms with Crippen LogP contribution in [-0.4, -0.2) is 7.05 Å². The zero-order chi connectivity index (χ0) is 12.7. The molecule has 1 rings (SSSR count). The van der Waals surface area contributed by atoms with Gasteiger partial charge in [0.2, 0.25) is 0 Å². The summed E-state index contributed by atoms with van der Waals surface area (Å²) in [5.74, 6) is 0. The van der Waals surface area contributed by atoms with Crippen LogP contribution in [0.1, 0.15) is 56.2 Å². The number of nitrogens with one attached hydrogen (secondary N) is 1. The number of hydrogen-bond acceptors (Lipinski definition) is 1. The summed E-state index contributed by atoms with van der Waals surface area (Å²) in [6.45, 7) is 4.31. The minimum absolute atomic E-state index is 0.461. The van der Waals surface area contributed by atoms with Gasteiger partial charge in [-0.2, -0.15) is 0 Å². The summed E-state index contributed by atoms with van der Waals surface area (Å²) >= 11 is 6.05. The van der Waals surface area contributed by atoms with Crippen LogP contribution in [-0.2, 0) is 0 Å². The molecule has 0 heterocycles. The van der Waals surface area contributed by atoms with Gasteiger partial charge in [0.15, 0.2) is 0 Å². The van der Waals surface area contributed by atoms with Gasteiger partial charge in [-0.05, 0) is 37.6 Å². The highest BCUT2D eigenvalue weighted by atomic mass is 35.5. The predicted octanol–water partition coefficient (Wildman–Crippen LogP) is 4.88. The molecule has 17 heavy (non-hydrogen) atoms. The normalized spacial score (nSPS) is 12.7. The number of unbranched alkanes of at least 4 members (excludes halogenated alkanes) is 3. The van der Waals surface area contributed by atoms with E-state index in [0.717, 1.165) is 10.6 Å². The summed E-state index contributed by atoms with van der Waals surface area (Å²) < 4.78 is 0. The Hall–Kier alpha value is -0.530. The van der Waals surface area contributed by atoms with Gasteiger partial charge in [0.05, 0.1) is 0 Å². The Morgan fingerprint density at radius 3 is 2.59 bits per heavy atom. The van der Waals surface area contributed by atoms with Gasteiger partial charge in [0, 0.05) is 11.1 Å². The molecule has 0 aliphatic carbocycles. The predicted molar refractivity (Wildman–Crippen MR) is 76.7 cm³/mol. The standard InChI is InChI=1S/C15H24ClN/c1-4-5-6-7-8-15(17-3)13-9-10-14(16)12(2)11-13/h9-11,15,17H,4-8H2,1-3H3. The van der Waals surface area contributed by atoms with Crippen LogP contribution in [0.5, 0.6) is 0 Å². The largest absolute Gasteiger partial charge is 0.313 e. The van der Waals surface area contributed by atoms with Crippen molar-refractivity contribution in [2.75, 3.05) is 7.05 Å². The van der Waals surface area contributed by atoms with Crippen LogP contribution in [0.2, 0.25) is 5.02 Å². The van der Waals surface area contributed by atoms with Gasteiger partial charge in [-0.1, -0.05) is 56.3 Å². The number of halogens is 1. The zero-order valence-corrected chi connectivity index (χ0v) is 12.0. The number of benzene rings is 1. The monoisotopic (exact) mass is 253 g/mol. The molecule has 1 unspecified atom stereocenters. The van der Waals surface area contributed by atoms with Crippen molar-refractivity contribution in [2.24, 2.45) is 0 Å². The van der Waals surface area contributed by atoms with E-state index < -0.39 is 0 Å². The van der Waals surface area contributed by atoms with E-state index in [1.807, 2.05) is 13.1 Å². The highest BCUT2D eigenvalue weighted by Gasteiger charge is 2.09. The van der Waals surface area contributed by atoms with E-state index in [4.69, 9.17) is 11.6 Å². The maximum absolute atomic E-state index is 6.05. The van der Waals surface area contributed by atoms with E-state index in [9.17, 15) is 0 Å². The molecule has 2 heteroatoms. The van der Waals surface area contributed by atoms with Gasteiger partial charge in [0.25, 0.3) is 0 Å². The SMILES string of the molecule is CCCCCCC(NC)c1ccc(Cl)c(C)c1. The van der Waals surface area contributed by atoms with Crippen molar-refractivity contribution in [3.8, 4) is 0 Å². The molecule has 0 fully saturated rings. The molecule has 1 N–H and O–H groups in total. The van der Waals surface area contributed by atoms with E-state index in [-0.39, 0.29) is 0 Å². The first-order chi connectivity index (χ1) is 8.19.